The average Bonchev–Trinajstić information content (AvgIpc) is 2.64. The number of rotatable bonds is 5. The van der Waals surface area contributed by atoms with Gasteiger partial charge in [0.05, 0.1) is 0 Å². The highest BCUT2D eigenvalue weighted by molar-refractivity contribution is 5.93. The first-order chi connectivity index (χ1) is 12.1. The summed E-state index contributed by atoms with van der Waals surface area (Å²) in [7, 11) is 0. The Kier molecular flexibility index (Phi) is 5.56. The first-order valence-corrected chi connectivity index (χ1v) is 8.29. The van der Waals surface area contributed by atoms with Crippen molar-refractivity contribution in [2.45, 2.75) is 19.5 Å². The lowest BCUT2D eigenvalue weighted by atomic mass is 10.1. The highest BCUT2D eigenvalue weighted by Gasteiger charge is 2.17. The molecule has 130 valence electrons. The number of hydrogen-bond acceptors (Lipinski definition) is 2. The van der Waals surface area contributed by atoms with Crippen molar-refractivity contribution in [2.24, 2.45) is 0 Å². The predicted octanol–water partition coefficient (Wildman–Crippen LogP) is 3.41. The fourth-order valence-electron chi connectivity index (χ4n) is 2.87. The Balaban J connectivity index is 1.52. The maximum absolute atomic E-state index is 13.6. The van der Waals surface area contributed by atoms with Gasteiger partial charge in [0.2, 0.25) is 5.91 Å². The van der Waals surface area contributed by atoms with Crippen molar-refractivity contribution in [3.63, 3.8) is 0 Å². The van der Waals surface area contributed by atoms with E-state index in [1.54, 1.807) is 0 Å². The molecule has 3 rings (SSSR count). The van der Waals surface area contributed by atoms with Gasteiger partial charge in [-0.15, -0.1) is 0 Å². The topological polar surface area (TPSA) is 32.3 Å². The van der Waals surface area contributed by atoms with Crippen molar-refractivity contribution in [3.05, 3.63) is 82.9 Å². The molecule has 1 N–H and O–H groups in total. The molecule has 5 heteroatoms. The molecule has 0 saturated heterocycles. The van der Waals surface area contributed by atoms with Gasteiger partial charge >= 0.3 is 0 Å². The zero-order valence-corrected chi connectivity index (χ0v) is 13.8. The van der Waals surface area contributed by atoms with Gasteiger partial charge in [0.25, 0.3) is 0 Å². The van der Waals surface area contributed by atoms with Crippen molar-refractivity contribution in [3.8, 4) is 0 Å². The fraction of sp³-hybridized carbons (Fsp3) is 0.250. The molecule has 3 nitrogen and oxygen atoms in total. The average molecular weight is 342 g/mol. The molecule has 0 radical (unpaired) electrons. The van der Waals surface area contributed by atoms with Gasteiger partial charge in [0.1, 0.15) is 11.6 Å². The molecule has 2 aromatic carbocycles. The number of nitrogens with one attached hydrogen (secondary N) is 1. The van der Waals surface area contributed by atoms with Crippen LogP contribution in [0.3, 0.4) is 0 Å². The third-order valence-corrected chi connectivity index (χ3v) is 4.28. The van der Waals surface area contributed by atoms with Gasteiger partial charge in [-0.2, -0.15) is 0 Å². The van der Waals surface area contributed by atoms with Crippen LogP contribution in [0.5, 0.6) is 0 Å². The maximum Gasteiger partial charge on any atom is 0.247 e. The van der Waals surface area contributed by atoms with E-state index < -0.39 is 11.6 Å². The molecule has 2 aromatic rings. The molecule has 1 aliphatic rings. The molecule has 1 aliphatic heterocycles. The Morgan fingerprint density at radius 2 is 1.92 bits per heavy atom. The number of carbonyl (C=O) groups excluding carboxylic acids is 1. The molecule has 0 saturated carbocycles. The van der Waals surface area contributed by atoms with Crippen molar-refractivity contribution < 1.29 is 13.6 Å². The summed E-state index contributed by atoms with van der Waals surface area (Å²) >= 11 is 0. The summed E-state index contributed by atoms with van der Waals surface area (Å²) < 4.78 is 26.7. The molecule has 0 aliphatic carbocycles. The van der Waals surface area contributed by atoms with E-state index in [4.69, 9.17) is 0 Å². The second-order valence-electron chi connectivity index (χ2n) is 6.12. The molecule has 0 fully saturated rings. The largest absolute Gasteiger partial charge is 0.348 e. The van der Waals surface area contributed by atoms with E-state index in [1.807, 2.05) is 24.3 Å². The van der Waals surface area contributed by atoms with Gasteiger partial charge in [0.15, 0.2) is 0 Å². The van der Waals surface area contributed by atoms with Crippen LogP contribution in [0.1, 0.15) is 17.5 Å². The van der Waals surface area contributed by atoms with Crippen molar-refractivity contribution in [1.82, 2.24) is 10.2 Å². The molecule has 0 aromatic heterocycles. The van der Waals surface area contributed by atoms with E-state index in [9.17, 15) is 13.6 Å². The minimum absolute atomic E-state index is 0.0203. The van der Waals surface area contributed by atoms with E-state index in [-0.39, 0.29) is 18.0 Å². The molecule has 0 bridgehead atoms. The third kappa shape index (κ3) is 4.73. The summed E-state index contributed by atoms with van der Waals surface area (Å²) in [6.07, 6.45) is 2.55. The summed E-state index contributed by atoms with van der Waals surface area (Å²) in [6, 6.07) is 13.4. The first kappa shape index (κ1) is 17.3. The number of carbonyl (C=O) groups is 1. The second-order valence-corrected chi connectivity index (χ2v) is 6.12. The lowest BCUT2D eigenvalue weighted by molar-refractivity contribution is -0.118. The number of hydrogen-bond donors (Lipinski definition) is 1. The zero-order chi connectivity index (χ0) is 17.6. The van der Waals surface area contributed by atoms with Gasteiger partial charge in [-0.25, -0.2) is 8.78 Å². The molecule has 1 amide bonds. The molecule has 0 atom stereocenters. The molecule has 0 spiro atoms. The zero-order valence-electron chi connectivity index (χ0n) is 13.8. The van der Waals surface area contributed by atoms with E-state index in [2.05, 4.69) is 22.3 Å². The SMILES string of the molecule is O=C(NCc1cc(F)ccc1F)C1=CCN(Cc2ccccc2)CC1. The van der Waals surface area contributed by atoms with Crippen molar-refractivity contribution in [1.29, 1.82) is 0 Å². The highest BCUT2D eigenvalue weighted by Crippen LogP contribution is 2.15. The van der Waals surface area contributed by atoms with Gasteiger partial charge in [0, 0.05) is 37.3 Å². The standard InChI is InChI=1S/C20H20F2N2O/c21-18-6-7-19(22)17(12-18)13-23-20(25)16-8-10-24(11-9-16)14-15-4-2-1-3-5-15/h1-8,12H,9-11,13-14H2,(H,23,25). The van der Waals surface area contributed by atoms with Crippen LogP contribution in [0.15, 0.2) is 60.2 Å². The minimum atomic E-state index is -0.520. The van der Waals surface area contributed by atoms with E-state index in [0.717, 1.165) is 31.3 Å². The normalized spacial score (nSPS) is 14.9. The molecule has 25 heavy (non-hydrogen) atoms. The van der Waals surface area contributed by atoms with Crippen molar-refractivity contribution in [2.75, 3.05) is 13.1 Å². The van der Waals surface area contributed by atoms with Crippen molar-refractivity contribution >= 4 is 5.91 Å². The van der Waals surface area contributed by atoms with Gasteiger partial charge < -0.3 is 5.32 Å². The van der Waals surface area contributed by atoms with E-state index >= 15 is 0 Å². The Morgan fingerprint density at radius 1 is 1.12 bits per heavy atom. The lowest BCUT2D eigenvalue weighted by Crippen LogP contribution is -2.33. The molecular weight excluding hydrogens is 322 g/mol. The molecular formula is C20H20F2N2O. The number of benzene rings is 2. The lowest BCUT2D eigenvalue weighted by Gasteiger charge is -2.26. The fourth-order valence-corrected chi connectivity index (χ4v) is 2.87. The van der Waals surface area contributed by atoms with Crippen LogP contribution in [0.25, 0.3) is 0 Å². The van der Waals surface area contributed by atoms with Gasteiger partial charge in [-0.1, -0.05) is 36.4 Å². The molecule has 1 heterocycles. The van der Waals surface area contributed by atoms with Crippen LogP contribution in [0, 0.1) is 11.6 Å². The van der Waals surface area contributed by atoms with Crippen LogP contribution >= 0.6 is 0 Å². The minimum Gasteiger partial charge on any atom is -0.348 e. The Bertz CT molecular complexity index is 775. The van der Waals surface area contributed by atoms with Crippen LogP contribution < -0.4 is 5.32 Å². The van der Waals surface area contributed by atoms with E-state index in [1.165, 1.54) is 5.56 Å². The summed E-state index contributed by atoms with van der Waals surface area (Å²) in [5.74, 6) is -1.25. The monoisotopic (exact) mass is 342 g/mol. The summed E-state index contributed by atoms with van der Waals surface area (Å²) in [5, 5.41) is 2.67. The van der Waals surface area contributed by atoms with Crippen LogP contribution in [0.4, 0.5) is 8.78 Å². The molecule has 0 unspecified atom stereocenters. The smallest absolute Gasteiger partial charge is 0.247 e. The van der Waals surface area contributed by atoms with Crippen LogP contribution in [0.2, 0.25) is 0 Å². The van der Waals surface area contributed by atoms with Gasteiger partial charge in [-0.3, -0.25) is 9.69 Å². The van der Waals surface area contributed by atoms with Gasteiger partial charge in [-0.05, 0) is 30.2 Å². The predicted molar refractivity (Wildman–Crippen MR) is 92.6 cm³/mol. The first-order valence-electron chi connectivity index (χ1n) is 8.29. The summed E-state index contributed by atoms with van der Waals surface area (Å²) in [6.45, 7) is 2.32. The number of nitrogens with zero attached hydrogens (tertiary/aromatic N) is 1. The second kappa shape index (κ2) is 8.03. The Morgan fingerprint density at radius 3 is 2.64 bits per heavy atom. The van der Waals surface area contributed by atoms with E-state index in [0.29, 0.717) is 18.5 Å². The number of amides is 1. The maximum atomic E-state index is 13.6. The summed E-state index contributed by atoms with van der Waals surface area (Å²) in [4.78, 5) is 14.5. The third-order valence-electron chi connectivity index (χ3n) is 4.28. The quantitative estimate of drug-likeness (QED) is 0.903. The highest BCUT2D eigenvalue weighted by atomic mass is 19.1. The number of halogens is 2. The summed E-state index contributed by atoms with van der Waals surface area (Å²) in [5.41, 5.74) is 2.09. The Labute approximate surface area is 146 Å². The van der Waals surface area contributed by atoms with Crippen LogP contribution in [-0.2, 0) is 17.9 Å². The Hall–Kier alpha value is -2.53. The van der Waals surface area contributed by atoms with Crippen LogP contribution in [-0.4, -0.2) is 23.9 Å².